The third kappa shape index (κ3) is 3.94. The van der Waals surface area contributed by atoms with Crippen molar-refractivity contribution in [3.8, 4) is 0 Å². The summed E-state index contributed by atoms with van der Waals surface area (Å²) in [5, 5.41) is 2.91. The summed E-state index contributed by atoms with van der Waals surface area (Å²) in [4.78, 5) is 13.8. The number of nitrogens with zero attached hydrogens (tertiary/aromatic N) is 1. The van der Waals surface area contributed by atoms with Gasteiger partial charge >= 0.3 is 6.03 Å². The molecule has 1 atom stereocenters. The highest BCUT2D eigenvalue weighted by molar-refractivity contribution is 9.10. The van der Waals surface area contributed by atoms with Crippen LogP contribution in [0.25, 0.3) is 0 Å². The van der Waals surface area contributed by atoms with Gasteiger partial charge in [0, 0.05) is 17.6 Å². The number of amides is 2. The van der Waals surface area contributed by atoms with Gasteiger partial charge < -0.3 is 15.0 Å². The highest BCUT2D eigenvalue weighted by Crippen LogP contribution is 2.23. The van der Waals surface area contributed by atoms with Gasteiger partial charge in [-0.15, -0.1) is 0 Å². The van der Waals surface area contributed by atoms with Gasteiger partial charge in [0.1, 0.15) is 6.10 Å². The molecule has 1 aliphatic heterocycles. The third-order valence-corrected chi connectivity index (χ3v) is 3.65. The number of nitrogens with one attached hydrogen (secondary N) is 1. The average molecular weight is 327 g/mol. The minimum atomic E-state index is -0.0331. The topological polar surface area (TPSA) is 41.6 Å². The van der Waals surface area contributed by atoms with Crippen molar-refractivity contribution in [3.63, 3.8) is 0 Å². The SMILES string of the molecule is CCCNC(=O)N1CCOC(c2ccc(Br)cc2)C1. The van der Waals surface area contributed by atoms with E-state index in [9.17, 15) is 4.79 Å². The first-order valence-corrected chi connectivity index (χ1v) is 7.40. The first-order valence-electron chi connectivity index (χ1n) is 6.60. The van der Waals surface area contributed by atoms with E-state index < -0.39 is 0 Å². The second-order valence-electron chi connectivity index (χ2n) is 4.59. The lowest BCUT2D eigenvalue weighted by atomic mass is 10.1. The van der Waals surface area contributed by atoms with Crippen LogP contribution in [0.2, 0.25) is 0 Å². The number of urea groups is 1. The van der Waals surface area contributed by atoms with Crippen LogP contribution < -0.4 is 5.32 Å². The Morgan fingerprint density at radius 2 is 2.21 bits per heavy atom. The number of hydrogen-bond acceptors (Lipinski definition) is 2. The maximum atomic E-state index is 11.9. The molecule has 5 heteroatoms. The van der Waals surface area contributed by atoms with Gasteiger partial charge in [0.15, 0.2) is 0 Å². The Morgan fingerprint density at radius 1 is 1.47 bits per heavy atom. The molecule has 2 amide bonds. The molecule has 1 aliphatic rings. The van der Waals surface area contributed by atoms with Crippen LogP contribution in [0.3, 0.4) is 0 Å². The van der Waals surface area contributed by atoms with Gasteiger partial charge in [-0.3, -0.25) is 0 Å². The second kappa shape index (κ2) is 6.91. The summed E-state index contributed by atoms with van der Waals surface area (Å²) in [7, 11) is 0. The van der Waals surface area contributed by atoms with Gasteiger partial charge in [-0.05, 0) is 24.1 Å². The molecule has 1 aromatic carbocycles. The number of carbonyl (C=O) groups is 1. The Balaban J connectivity index is 1.96. The maximum absolute atomic E-state index is 11.9. The summed E-state index contributed by atoms with van der Waals surface area (Å²) >= 11 is 3.42. The summed E-state index contributed by atoms with van der Waals surface area (Å²) in [5.41, 5.74) is 1.11. The number of ether oxygens (including phenoxy) is 1. The lowest BCUT2D eigenvalue weighted by Gasteiger charge is -2.33. The zero-order chi connectivity index (χ0) is 13.7. The number of halogens is 1. The Hall–Kier alpha value is -1.07. The normalized spacial score (nSPS) is 19.3. The molecule has 1 heterocycles. The summed E-state index contributed by atoms with van der Waals surface area (Å²) < 4.78 is 6.80. The number of carbonyl (C=O) groups excluding carboxylic acids is 1. The van der Waals surface area contributed by atoms with Crippen LogP contribution in [-0.4, -0.2) is 37.2 Å². The molecular formula is C14H19BrN2O2. The van der Waals surface area contributed by atoms with Crippen molar-refractivity contribution < 1.29 is 9.53 Å². The van der Waals surface area contributed by atoms with Crippen molar-refractivity contribution >= 4 is 22.0 Å². The number of rotatable bonds is 3. The Bertz CT molecular complexity index is 422. The molecule has 0 saturated carbocycles. The summed E-state index contributed by atoms with van der Waals surface area (Å²) in [6.45, 7) is 4.61. The largest absolute Gasteiger partial charge is 0.370 e. The fourth-order valence-electron chi connectivity index (χ4n) is 2.06. The first-order chi connectivity index (χ1) is 9.20. The van der Waals surface area contributed by atoms with Crippen LogP contribution >= 0.6 is 15.9 Å². The standard InChI is InChI=1S/C14H19BrN2O2/c1-2-7-16-14(18)17-8-9-19-13(10-17)11-3-5-12(15)6-4-11/h3-6,13H,2,7-10H2,1H3,(H,16,18). The highest BCUT2D eigenvalue weighted by Gasteiger charge is 2.24. The van der Waals surface area contributed by atoms with E-state index in [1.807, 2.05) is 36.1 Å². The van der Waals surface area contributed by atoms with Crippen LogP contribution in [0, 0.1) is 0 Å². The zero-order valence-corrected chi connectivity index (χ0v) is 12.6. The van der Waals surface area contributed by atoms with Crippen molar-refractivity contribution in [2.75, 3.05) is 26.2 Å². The Kier molecular flexibility index (Phi) is 5.22. The fourth-order valence-corrected chi connectivity index (χ4v) is 2.32. The Labute approximate surface area is 122 Å². The molecule has 0 aromatic heterocycles. The number of morpholine rings is 1. The summed E-state index contributed by atoms with van der Waals surface area (Å²) in [5.74, 6) is 0. The van der Waals surface area contributed by atoms with Gasteiger partial charge in [0.05, 0.1) is 13.2 Å². The molecule has 0 aliphatic carbocycles. The van der Waals surface area contributed by atoms with E-state index in [-0.39, 0.29) is 12.1 Å². The second-order valence-corrected chi connectivity index (χ2v) is 5.50. The van der Waals surface area contributed by atoms with Gasteiger partial charge in [0.25, 0.3) is 0 Å². The Morgan fingerprint density at radius 3 is 2.89 bits per heavy atom. The molecule has 2 rings (SSSR count). The van der Waals surface area contributed by atoms with Crippen LogP contribution in [0.15, 0.2) is 28.7 Å². The lowest BCUT2D eigenvalue weighted by molar-refractivity contribution is -0.0154. The van der Waals surface area contributed by atoms with E-state index in [1.165, 1.54) is 0 Å². The number of benzene rings is 1. The van der Waals surface area contributed by atoms with Crippen molar-refractivity contribution in [2.45, 2.75) is 19.4 Å². The predicted octanol–water partition coefficient (Wildman–Crippen LogP) is 2.94. The van der Waals surface area contributed by atoms with Gasteiger partial charge in [-0.1, -0.05) is 35.0 Å². The van der Waals surface area contributed by atoms with Crippen LogP contribution in [0.5, 0.6) is 0 Å². The van der Waals surface area contributed by atoms with Gasteiger partial charge in [0.2, 0.25) is 0 Å². The molecule has 4 nitrogen and oxygen atoms in total. The maximum Gasteiger partial charge on any atom is 0.317 e. The van der Waals surface area contributed by atoms with Crippen molar-refractivity contribution in [2.24, 2.45) is 0 Å². The smallest absolute Gasteiger partial charge is 0.317 e. The monoisotopic (exact) mass is 326 g/mol. The zero-order valence-electron chi connectivity index (χ0n) is 11.1. The van der Waals surface area contributed by atoms with E-state index in [4.69, 9.17) is 4.74 Å². The molecule has 1 N–H and O–H groups in total. The van der Waals surface area contributed by atoms with Crippen molar-refractivity contribution in [1.29, 1.82) is 0 Å². The van der Waals surface area contributed by atoms with Gasteiger partial charge in [-0.2, -0.15) is 0 Å². The van der Waals surface area contributed by atoms with Crippen LogP contribution in [0.1, 0.15) is 25.0 Å². The van der Waals surface area contributed by atoms with E-state index >= 15 is 0 Å². The molecule has 0 radical (unpaired) electrons. The molecular weight excluding hydrogens is 308 g/mol. The predicted molar refractivity (Wildman–Crippen MR) is 78.1 cm³/mol. The molecule has 19 heavy (non-hydrogen) atoms. The van der Waals surface area contributed by atoms with E-state index in [1.54, 1.807) is 0 Å². The number of hydrogen-bond donors (Lipinski definition) is 1. The average Bonchev–Trinajstić information content (AvgIpc) is 2.45. The molecule has 1 saturated heterocycles. The van der Waals surface area contributed by atoms with E-state index in [0.717, 1.165) is 23.0 Å². The molecule has 1 aromatic rings. The third-order valence-electron chi connectivity index (χ3n) is 3.12. The summed E-state index contributed by atoms with van der Waals surface area (Å²) in [6.07, 6.45) is 0.917. The molecule has 0 spiro atoms. The summed E-state index contributed by atoms with van der Waals surface area (Å²) in [6, 6.07) is 8.06. The molecule has 1 unspecified atom stereocenters. The quantitative estimate of drug-likeness (QED) is 0.927. The van der Waals surface area contributed by atoms with Crippen molar-refractivity contribution in [3.05, 3.63) is 34.3 Å². The minimum Gasteiger partial charge on any atom is -0.370 e. The van der Waals surface area contributed by atoms with Gasteiger partial charge in [-0.25, -0.2) is 4.79 Å². The molecule has 0 bridgehead atoms. The lowest BCUT2D eigenvalue weighted by Crippen LogP contribution is -2.47. The highest BCUT2D eigenvalue weighted by atomic mass is 79.9. The van der Waals surface area contributed by atoms with Crippen LogP contribution in [0.4, 0.5) is 4.79 Å². The molecule has 1 fully saturated rings. The van der Waals surface area contributed by atoms with E-state index in [2.05, 4.69) is 21.2 Å². The first kappa shape index (κ1) is 14.3. The van der Waals surface area contributed by atoms with Crippen molar-refractivity contribution in [1.82, 2.24) is 10.2 Å². The molecule has 104 valence electrons. The van der Waals surface area contributed by atoms with E-state index in [0.29, 0.717) is 19.7 Å². The fraction of sp³-hybridized carbons (Fsp3) is 0.500. The van der Waals surface area contributed by atoms with Crippen LogP contribution in [-0.2, 0) is 4.74 Å². The minimum absolute atomic E-state index is 0.00672.